The van der Waals surface area contributed by atoms with Crippen LogP contribution in [-0.4, -0.2) is 29.1 Å². The normalized spacial score (nSPS) is 12.4. The predicted molar refractivity (Wildman–Crippen MR) is 85.2 cm³/mol. The van der Waals surface area contributed by atoms with E-state index >= 15 is 0 Å². The third kappa shape index (κ3) is 3.92. The average molecular weight is 283 g/mol. The number of benzene rings is 2. The van der Waals surface area contributed by atoms with Crippen LogP contribution in [0.15, 0.2) is 48.5 Å². The first-order valence-electron chi connectivity index (χ1n) is 7.06. The molecule has 0 heterocycles. The maximum Gasteiger partial charge on any atom is 0.320 e. The summed E-state index contributed by atoms with van der Waals surface area (Å²) in [4.78, 5) is 12.8. The van der Waals surface area contributed by atoms with Crippen molar-refractivity contribution in [1.82, 2.24) is 4.90 Å². The van der Waals surface area contributed by atoms with Crippen molar-refractivity contribution in [2.75, 3.05) is 7.05 Å². The van der Waals surface area contributed by atoms with Crippen LogP contribution in [0.25, 0.3) is 11.1 Å². The van der Waals surface area contributed by atoms with Crippen LogP contribution in [0.3, 0.4) is 0 Å². The summed E-state index contributed by atoms with van der Waals surface area (Å²) < 4.78 is 0. The first-order chi connectivity index (χ1) is 9.97. The molecule has 2 aromatic carbocycles. The molecule has 0 spiro atoms. The number of rotatable bonds is 5. The summed E-state index contributed by atoms with van der Waals surface area (Å²) in [5.41, 5.74) is 4.69. The van der Waals surface area contributed by atoms with Gasteiger partial charge in [0, 0.05) is 6.54 Å². The number of likely N-dealkylation sites (N-methyl/N-ethyl adjacent to an activating group) is 1. The smallest absolute Gasteiger partial charge is 0.320 e. The van der Waals surface area contributed by atoms with Gasteiger partial charge in [-0.15, -0.1) is 0 Å². The van der Waals surface area contributed by atoms with Crippen molar-refractivity contribution in [3.63, 3.8) is 0 Å². The summed E-state index contributed by atoms with van der Waals surface area (Å²) >= 11 is 0. The van der Waals surface area contributed by atoms with Gasteiger partial charge in [0.15, 0.2) is 0 Å². The van der Waals surface area contributed by atoms with Crippen molar-refractivity contribution in [3.05, 3.63) is 59.7 Å². The minimum Gasteiger partial charge on any atom is -0.480 e. The molecule has 1 atom stereocenters. The maximum absolute atomic E-state index is 11.0. The SMILES string of the molecule is Cc1ccc(-c2cccc(CN(C)C(C)C(=O)O)c2)cc1. The molecule has 0 aliphatic heterocycles. The number of hydrogen-bond donors (Lipinski definition) is 1. The van der Waals surface area contributed by atoms with Crippen molar-refractivity contribution in [2.45, 2.75) is 26.4 Å². The Hall–Kier alpha value is -2.13. The lowest BCUT2D eigenvalue weighted by molar-refractivity contribution is -0.142. The predicted octanol–water partition coefficient (Wildman–Crippen LogP) is 3.57. The second kappa shape index (κ2) is 6.55. The zero-order chi connectivity index (χ0) is 15.4. The fourth-order valence-electron chi connectivity index (χ4n) is 2.21. The molecular formula is C18H21NO2. The molecule has 2 rings (SSSR count). The van der Waals surface area contributed by atoms with Crippen molar-refractivity contribution >= 4 is 5.97 Å². The Morgan fingerprint density at radius 3 is 2.43 bits per heavy atom. The lowest BCUT2D eigenvalue weighted by Crippen LogP contribution is -2.35. The number of carboxylic acid groups (broad SMARTS) is 1. The first kappa shape index (κ1) is 15.3. The van der Waals surface area contributed by atoms with Crippen molar-refractivity contribution < 1.29 is 9.90 Å². The van der Waals surface area contributed by atoms with Crippen molar-refractivity contribution in [3.8, 4) is 11.1 Å². The number of aryl methyl sites for hydroxylation is 1. The molecule has 2 aromatic rings. The summed E-state index contributed by atoms with van der Waals surface area (Å²) in [5, 5.41) is 9.05. The molecule has 3 heteroatoms. The summed E-state index contributed by atoms with van der Waals surface area (Å²) in [6, 6.07) is 16.2. The van der Waals surface area contributed by atoms with Gasteiger partial charge in [0.2, 0.25) is 0 Å². The van der Waals surface area contributed by atoms with Crippen LogP contribution in [0.2, 0.25) is 0 Å². The Bertz CT molecular complexity index is 619. The van der Waals surface area contributed by atoms with E-state index < -0.39 is 12.0 Å². The van der Waals surface area contributed by atoms with E-state index in [9.17, 15) is 4.79 Å². The summed E-state index contributed by atoms with van der Waals surface area (Å²) in [6.07, 6.45) is 0. The lowest BCUT2D eigenvalue weighted by atomic mass is 10.0. The van der Waals surface area contributed by atoms with Gasteiger partial charge in [-0.05, 0) is 43.7 Å². The topological polar surface area (TPSA) is 40.5 Å². The second-order valence-electron chi connectivity index (χ2n) is 5.50. The maximum atomic E-state index is 11.0. The van der Waals surface area contributed by atoms with Gasteiger partial charge in [-0.25, -0.2) is 0 Å². The van der Waals surface area contributed by atoms with Gasteiger partial charge >= 0.3 is 5.97 Å². The van der Waals surface area contributed by atoms with E-state index in [1.807, 2.05) is 24.1 Å². The molecule has 21 heavy (non-hydrogen) atoms. The quantitative estimate of drug-likeness (QED) is 0.912. The van der Waals surface area contributed by atoms with Gasteiger partial charge < -0.3 is 5.11 Å². The summed E-state index contributed by atoms with van der Waals surface area (Å²) in [5.74, 6) is -0.799. The van der Waals surface area contributed by atoms with E-state index in [2.05, 4.69) is 43.3 Å². The van der Waals surface area contributed by atoms with Crippen molar-refractivity contribution in [1.29, 1.82) is 0 Å². The molecule has 0 aliphatic carbocycles. The molecule has 0 amide bonds. The van der Waals surface area contributed by atoms with Crippen LogP contribution in [0.5, 0.6) is 0 Å². The molecule has 0 bridgehead atoms. The molecule has 110 valence electrons. The monoisotopic (exact) mass is 283 g/mol. The van der Waals surface area contributed by atoms with Crippen LogP contribution in [0.4, 0.5) is 0 Å². The first-order valence-corrected chi connectivity index (χ1v) is 7.06. The Kier molecular flexibility index (Phi) is 4.76. The molecule has 1 unspecified atom stereocenters. The highest BCUT2D eigenvalue weighted by molar-refractivity contribution is 5.72. The molecule has 0 aliphatic rings. The van der Waals surface area contributed by atoms with Crippen LogP contribution in [0.1, 0.15) is 18.1 Å². The molecule has 1 N–H and O–H groups in total. The van der Waals surface area contributed by atoms with Gasteiger partial charge in [0.25, 0.3) is 0 Å². The van der Waals surface area contributed by atoms with E-state index in [0.29, 0.717) is 6.54 Å². The van der Waals surface area contributed by atoms with E-state index in [4.69, 9.17) is 5.11 Å². The minimum absolute atomic E-state index is 0.493. The minimum atomic E-state index is -0.799. The zero-order valence-electron chi connectivity index (χ0n) is 12.7. The van der Waals surface area contributed by atoms with E-state index in [-0.39, 0.29) is 0 Å². The Labute approximate surface area is 125 Å². The fraction of sp³-hybridized carbons (Fsp3) is 0.278. The van der Waals surface area contributed by atoms with Crippen LogP contribution in [0, 0.1) is 6.92 Å². The Morgan fingerprint density at radius 1 is 1.14 bits per heavy atom. The highest BCUT2D eigenvalue weighted by Gasteiger charge is 2.16. The van der Waals surface area contributed by atoms with E-state index in [1.165, 1.54) is 11.1 Å². The number of hydrogen-bond acceptors (Lipinski definition) is 2. The Morgan fingerprint density at radius 2 is 1.81 bits per heavy atom. The summed E-state index contributed by atoms with van der Waals surface area (Å²) in [6.45, 7) is 4.39. The summed E-state index contributed by atoms with van der Waals surface area (Å²) in [7, 11) is 1.83. The van der Waals surface area contributed by atoms with Gasteiger partial charge in [-0.3, -0.25) is 9.69 Å². The highest BCUT2D eigenvalue weighted by Crippen LogP contribution is 2.21. The molecule has 0 saturated carbocycles. The molecule has 0 fully saturated rings. The second-order valence-corrected chi connectivity index (χ2v) is 5.50. The third-order valence-electron chi connectivity index (χ3n) is 3.76. The highest BCUT2D eigenvalue weighted by atomic mass is 16.4. The molecular weight excluding hydrogens is 262 g/mol. The average Bonchev–Trinajstić information content (AvgIpc) is 2.47. The molecule has 3 nitrogen and oxygen atoms in total. The zero-order valence-corrected chi connectivity index (χ0v) is 12.7. The van der Waals surface area contributed by atoms with Crippen LogP contribution in [-0.2, 0) is 11.3 Å². The number of carbonyl (C=O) groups is 1. The molecule has 0 radical (unpaired) electrons. The van der Waals surface area contributed by atoms with Crippen LogP contribution >= 0.6 is 0 Å². The van der Waals surface area contributed by atoms with Crippen molar-refractivity contribution in [2.24, 2.45) is 0 Å². The molecule has 0 aromatic heterocycles. The van der Waals surface area contributed by atoms with E-state index in [1.54, 1.807) is 6.92 Å². The van der Waals surface area contributed by atoms with Crippen LogP contribution < -0.4 is 0 Å². The van der Waals surface area contributed by atoms with Gasteiger partial charge in [0.1, 0.15) is 6.04 Å². The fourth-order valence-corrected chi connectivity index (χ4v) is 2.21. The molecule has 0 saturated heterocycles. The lowest BCUT2D eigenvalue weighted by Gasteiger charge is -2.21. The standard InChI is InChI=1S/C18H21NO2/c1-13-7-9-16(10-8-13)17-6-4-5-15(11-17)12-19(3)14(2)18(20)21/h4-11,14H,12H2,1-3H3,(H,20,21). The van der Waals surface area contributed by atoms with E-state index in [0.717, 1.165) is 11.1 Å². The number of nitrogens with zero attached hydrogens (tertiary/aromatic N) is 1. The number of carboxylic acids is 1. The van der Waals surface area contributed by atoms with Gasteiger partial charge in [-0.2, -0.15) is 0 Å². The number of aliphatic carboxylic acids is 1. The third-order valence-corrected chi connectivity index (χ3v) is 3.76. The van der Waals surface area contributed by atoms with Gasteiger partial charge in [-0.1, -0.05) is 48.0 Å². The largest absolute Gasteiger partial charge is 0.480 e. The Balaban J connectivity index is 2.18. The van der Waals surface area contributed by atoms with Gasteiger partial charge in [0.05, 0.1) is 0 Å².